The van der Waals surface area contributed by atoms with Crippen molar-refractivity contribution in [1.29, 1.82) is 0 Å². The Kier molecular flexibility index (Phi) is 8.20. The summed E-state index contributed by atoms with van der Waals surface area (Å²) in [6.07, 6.45) is -0.291. The highest BCUT2D eigenvalue weighted by Crippen LogP contribution is 2.49. The van der Waals surface area contributed by atoms with Crippen molar-refractivity contribution in [3.8, 4) is 0 Å². The summed E-state index contributed by atoms with van der Waals surface area (Å²) in [5, 5.41) is 3.11. The topological polar surface area (TPSA) is 163 Å². The largest absolute Gasteiger partial charge is 0.419 e. The molecular formula is C12H25N3O6P2+2. The molecule has 0 saturated carbocycles. The summed E-state index contributed by atoms with van der Waals surface area (Å²) in [5.41, 5.74) is 7.41. The minimum atomic E-state index is -4.10. The van der Waals surface area contributed by atoms with E-state index >= 15 is 0 Å². The van der Waals surface area contributed by atoms with Crippen LogP contribution in [0.4, 0.5) is 5.69 Å². The molecule has 0 bridgehead atoms. The van der Waals surface area contributed by atoms with E-state index in [0.29, 0.717) is 18.8 Å². The Balaban J connectivity index is 2.32. The van der Waals surface area contributed by atoms with E-state index in [1.165, 1.54) is 4.90 Å². The van der Waals surface area contributed by atoms with Gasteiger partial charge >= 0.3 is 15.9 Å². The third-order valence-corrected chi connectivity index (χ3v) is 4.51. The number of hydrogen-bond donors (Lipinski definition) is 8. The average molecular weight is 369 g/mol. The Labute approximate surface area is 136 Å². The van der Waals surface area contributed by atoms with Gasteiger partial charge in [-0.25, -0.2) is 4.90 Å². The molecule has 0 aliphatic rings. The number of rotatable bonds is 10. The molecule has 0 amide bonds. The monoisotopic (exact) mass is 369 g/mol. The summed E-state index contributed by atoms with van der Waals surface area (Å²) in [5.74, 6) is 0. The molecule has 0 spiro atoms. The van der Waals surface area contributed by atoms with Gasteiger partial charge in [-0.3, -0.25) is 0 Å². The van der Waals surface area contributed by atoms with E-state index in [4.69, 9.17) is 35.1 Å². The van der Waals surface area contributed by atoms with E-state index in [0.717, 1.165) is 12.0 Å². The fraction of sp³-hybridized carbons (Fsp3) is 0.500. The molecule has 1 rings (SSSR count). The molecule has 0 atom stereocenters. The number of nitrogens with two attached hydrogens (primary N) is 1. The molecule has 9 N–H and O–H groups in total. The van der Waals surface area contributed by atoms with Gasteiger partial charge in [-0.05, 0) is 30.7 Å². The molecule has 23 heavy (non-hydrogen) atoms. The normalized spacial score (nSPS) is 12.8. The first-order valence-electron chi connectivity index (χ1n) is 6.95. The average Bonchev–Trinajstić information content (AvgIpc) is 2.36. The molecule has 0 aliphatic heterocycles. The third kappa shape index (κ3) is 10.9. The van der Waals surface area contributed by atoms with Crippen LogP contribution in [-0.2, 0) is 6.42 Å². The summed E-state index contributed by atoms with van der Waals surface area (Å²) in [6, 6.07) is 7.48. The molecule has 0 saturated heterocycles. The molecular weight excluding hydrogens is 344 g/mol. The van der Waals surface area contributed by atoms with Gasteiger partial charge < -0.3 is 11.1 Å². The van der Waals surface area contributed by atoms with E-state index in [9.17, 15) is 0 Å². The minimum absolute atomic E-state index is 0.203. The van der Waals surface area contributed by atoms with Crippen LogP contribution in [0.5, 0.6) is 0 Å². The van der Waals surface area contributed by atoms with Crippen molar-refractivity contribution in [3.63, 3.8) is 0 Å². The van der Waals surface area contributed by atoms with Crippen LogP contribution in [0.3, 0.4) is 0 Å². The van der Waals surface area contributed by atoms with E-state index in [1.54, 1.807) is 0 Å². The number of nitrogens with one attached hydrogen (secondary N) is 1. The van der Waals surface area contributed by atoms with Crippen molar-refractivity contribution in [2.75, 3.05) is 37.9 Å². The molecule has 1 aromatic carbocycles. The van der Waals surface area contributed by atoms with Crippen LogP contribution in [-0.4, -0.2) is 66.5 Å². The second kappa shape index (κ2) is 9.15. The minimum Gasteiger partial charge on any atom is -0.399 e. The zero-order valence-electron chi connectivity index (χ0n) is 12.7. The van der Waals surface area contributed by atoms with Crippen molar-refractivity contribution in [3.05, 3.63) is 29.8 Å². The predicted molar refractivity (Wildman–Crippen MR) is 91.0 cm³/mol. The molecule has 0 heterocycles. The van der Waals surface area contributed by atoms with Gasteiger partial charge in [0.05, 0.1) is 0 Å². The predicted octanol–water partition coefficient (Wildman–Crippen LogP) is -0.903. The third-order valence-electron chi connectivity index (χ3n) is 2.95. The molecule has 0 aliphatic carbocycles. The van der Waals surface area contributed by atoms with E-state index < -0.39 is 28.5 Å². The van der Waals surface area contributed by atoms with Crippen LogP contribution in [0.1, 0.15) is 5.56 Å². The van der Waals surface area contributed by atoms with Crippen molar-refractivity contribution >= 4 is 21.6 Å². The lowest BCUT2D eigenvalue weighted by molar-refractivity contribution is 0.247. The summed E-state index contributed by atoms with van der Waals surface area (Å²) in [6.45, 7) is 1.27. The molecule has 9 nitrogen and oxygen atoms in total. The first-order valence-corrected chi connectivity index (χ1v) is 10.6. The molecule has 0 fully saturated rings. The van der Waals surface area contributed by atoms with Crippen molar-refractivity contribution < 1.29 is 29.4 Å². The van der Waals surface area contributed by atoms with Crippen molar-refractivity contribution in [2.45, 2.75) is 6.42 Å². The standard InChI is InChI=1S/C12H25N3O6P2/c13-12-3-1-11(2-4-12)5-6-14-7-8-15(9-22(16,17)18)10-23(19,20)21/h1-4,14,16-21H,5-10,13H2/q+2. The van der Waals surface area contributed by atoms with Crippen LogP contribution < -0.4 is 11.1 Å². The van der Waals surface area contributed by atoms with Crippen LogP contribution in [0.25, 0.3) is 0 Å². The van der Waals surface area contributed by atoms with Gasteiger partial charge in [0.2, 0.25) is 0 Å². The summed E-state index contributed by atoms with van der Waals surface area (Å²) < 4.78 is 0. The van der Waals surface area contributed by atoms with Crippen LogP contribution in [0.2, 0.25) is 0 Å². The number of hydrogen-bond acceptors (Lipinski definition) is 9. The van der Waals surface area contributed by atoms with Crippen LogP contribution >= 0.6 is 15.9 Å². The SMILES string of the molecule is Nc1ccc(CCNCCN(C[P+](O)(O)O)C[P+](O)(O)O)cc1. The maximum absolute atomic E-state index is 9.08. The molecule has 0 aromatic heterocycles. The Morgan fingerprint density at radius 1 is 0.870 bits per heavy atom. The Hall–Kier alpha value is -0.440. The molecule has 0 unspecified atom stereocenters. The second-order valence-corrected chi connectivity index (χ2v) is 8.64. The quantitative estimate of drug-likeness (QED) is 0.148. The number of anilines is 1. The van der Waals surface area contributed by atoms with Gasteiger partial charge in [0, 0.05) is 18.8 Å². The van der Waals surface area contributed by atoms with E-state index in [2.05, 4.69) is 5.32 Å². The van der Waals surface area contributed by atoms with Gasteiger partial charge in [0.1, 0.15) is 0 Å². The van der Waals surface area contributed by atoms with Gasteiger partial charge in [-0.1, -0.05) is 12.1 Å². The summed E-state index contributed by atoms with van der Waals surface area (Å²) >= 11 is 0. The first-order chi connectivity index (χ1) is 10.6. The molecule has 11 heteroatoms. The zero-order valence-corrected chi connectivity index (χ0v) is 14.4. The lowest BCUT2D eigenvalue weighted by Crippen LogP contribution is -2.35. The molecule has 1 aromatic rings. The van der Waals surface area contributed by atoms with E-state index in [-0.39, 0.29) is 6.54 Å². The smallest absolute Gasteiger partial charge is 0.399 e. The Bertz CT molecular complexity index is 447. The highest BCUT2D eigenvalue weighted by Gasteiger charge is 2.40. The number of benzene rings is 1. The summed E-state index contributed by atoms with van der Waals surface area (Å²) in [4.78, 5) is 55.6. The van der Waals surface area contributed by atoms with Gasteiger partial charge in [-0.2, -0.15) is 29.4 Å². The van der Waals surface area contributed by atoms with Crippen LogP contribution in [0.15, 0.2) is 24.3 Å². The fourth-order valence-electron chi connectivity index (χ4n) is 2.00. The number of nitrogens with zero attached hydrogens (tertiary/aromatic N) is 1. The molecule has 0 radical (unpaired) electrons. The maximum atomic E-state index is 9.08. The second-order valence-electron chi connectivity index (χ2n) is 5.30. The fourth-order valence-corrected chi connectivity index (χ4v) is 3.72. The Morgan fingerprint density at radius 3 is 1.87 bits per heavy atom. The Morgan fingerprint density at radius 2 is 1.39 bits per heavy atom. The van der Waals surface area contributed by atoms with Crippen LogP contribution in [0, 0.1) is 0 Å². The first kappa shape index (κ1) is 20.6. The van der Waals surface area contributed by atoms with Crippen molar-refractivity contribution in [1.82, 2.24) is 10.2 Å². The number of nitrogen functional groups attached to an aromatic ring is 1. The van der Waals surface area contributed by atoms with Gasteiger partial charge in [0.15, 0.2) is 12.6 Å². The highest BCUT2D eigenvalue weighted by molar-refractivity contribution is 7.59. The maximum Gasteiger partial charge on any atom is 0.419 e. The summed E-state index contributed by atoms with van der Waals surface area (Å²) in [7, 11) is -8.19. The van der Waals surface area contributed by atoms with Gasteiger partial charge in [-0.15, -0.1) is 0 Å². The lowest BCUT2D eigenvalue weighted by Gasteiger charge is -2.20. The zero-order chi connectivity index (χ0) is 17.5. The van der Waals surface area contributed by atoms with Gasteiger partial charge in [0.25, 0.3) is 0 Å². The highest BCUT2D eigenvalue weighted by atomic mass is 31.2. The van der Waals surface area contributed by atoms with E-state index in [1.807, 2.05) is 24.3 Å². The van der Waals surface area contributed by atoms with Crippen molar-refractivity contribution in [2.24, 2.45) is 0 Å². The lowest BCUT2D eigenvalue weighted by atomic mass is 10.1. The molecule has 132 valence electrons.